The highest BCUT2D eigenvalue weighted by Gasteiger charge is 2.24. The second-order valence-electron chi connectivity index (χ2n) is 7.09. The quantitative estimate of drug-likeness (QED) is 0.729. The van der Waals surface area contributed by atoms with E-state index in [1.54, 1.807) is 12.1 Å². The summed E-state index contributed by atoms with van der Waals surface area (Å²) < 4.78 is 18.4. The minimum absolute atomic E-state index is 0.0339. The summed E-state index contributed by atoms with van der Waals surface area (Å²) in [6.45, 7) is 5.35. The van der Waals surface area contributed by atoms with E-state index in [4.69, 9.17) is 4.74 Å². The first-order chi connectivity index (χ1) is 14.0. The van der Waals surface area contributed by atoms with Crippen LogP contribution in [0.1, 0.15) is 22.7 Å². The third-order valence-electron chi connectivity index (χ3n) is 4.98. The van der Waals surface area contributed by atoms with Crippen LogP contribution >= 0.6 is 0 Å². The minimum Gasteiger partial charge on any atom is -0.379 e. The molecule has 2 aromatic carbocycles. The molecule has 154 valence electrons. The van der Waals surface area contributed by atoms with Gasteiger partial charge in [0.25, 0.3) is 0 Å². The molecular weight excluding hydrogens is 373 g/mol. The molecule has 0 saturated carbocycles. The summed E-state index contributed by atoms with van der Waals surface area (Å²) in [5.41, 5.74) is 2.97. The molecule has 2 N–H and O–H groups in total. The zero-order valence-electron chi connectivity index (χ0n) is 16.5. The lowest BCUT2D eigenvalue weighted by Gasteiger charge is -2.35. The number of ether oxygens (including phenoxy) is 1. The number of hydrogen-bond acceptors (Lipinski definition) is 4. The van der Waals surface area contributed by atoms with Gasteiger partial charge in [-0.15, -0.1) is 0 Å². The summed E-state index contributed by atoms with van der Waals surface area (Å²) in [6, 6.07) is 13.9. The van der Waals surface area contributed by atoms with Crippen LogP contribution in [-0.2, 0) is 20.9 Å². The van der Waals surface area contributed by atoms with E-state index in [-0.39, 0.29) is 18.4 Å². The molecule has 0 aliphatic carbocycles. The normalized spacial score (nSPS) is 15.5. The van der Waals surface area contributed by atoms with Gasteiger partial charge >= 0.3 is 11.8 Å². The number of carbonyl (C=O) groups excluding carboxylic acids is 2. The van der Waals surface area contributed by atoms with Crippen molar-refractivity contribution < 1.29 is 18.7 Å². The van der Waals surface area contributed by atoms with E-state index in [1.165, 1.54) is 17.7 Å². The van der Waals surface area contributed by atoms with Gasteiger partial charge in [0.05, 0.1) is 19.3 Å². The fourth-order valence-electron chi connectivity index (χ4n) is 3.27. The van der Waals surface area contributed by atoms with E-state index < -0.39 is 11.8 Å². The zero-order chi connectivity index (χ0) is 20.6. The predicted octanol–water partition coefficient (Wildman–Crippen LogP) is 1.94. The van der Waals surface area contributed by atoms with Crippen molar-refractivity contribution in [3.8, 4) is 0 Å². The number of amides is 2. The number of aryl methyl sites for hydroxylation is 1. The fraction of sp³-hybridized carbons (Fsp3) is 0.364. The van der Waals surface area contributed by atoms with Crippen LogP contribution in [0.3, 0.4) is 0 Å². The summed E-state index contributed by atoms with van der Waals surface area (Å²) in [5.74, 6) is -1.74. The highest BCUT2D eigenvalue weighted by atomic mass is 19.1. The maximum Gasteiger partial charge on any atom is 0.309 e. The van der Waals surface area contributed by atoms with Crippen LogP contribution in [0.25, 0.3) is 0 Å². The van der Waals surface area contributed by atoms with Crippen LogP contribution in [0.4, 0.5) is 4.39 Å². The van der Waals surface area contributed by atoms with Gasteiger partial charge in [0.15, 0.2) is 0 Å². The highest BCUT2D eigenvalue weighted by Crippen LogP contribution is 2.21. The van der Waals surface area contributed by atoms with E-state index in [2.05, 4.69) is 27.7 Å². The maximum atomic E-state index is 12.9. The van der Waals surface area contributed by atoms with Crippen LogP contribution < -0.4 is 10.6 Å². The van der Waals surface area contributed by atoms with Crippen molar-refractivity contribution in [1.29, 1.82) is 0 Å². The van der Waals surface area contributed by atoms with Crippen molar-refractivity contribution in [2.45, 2.75) is 19.5 Å². The summed E-state index contributed by atoms with van der Waals surface area (Å²) in [7, 11) is 0. The van der Waals surface area contributed by atoms with Gasteiger partial charge in [0, 0.05) is 26.2 Å². The first kappa shape index (κ1) is 21.0. The minimum atomic E-state index is -0.709. The molecule has 1 aliphatic heterocycles. The molecule has 0 radical (unpaired) electrons. The zero-order valence-corrected chi connectivity index (χ0v) is 16.5. The molecule has 29 heavy (non-hydrogen) atoms. The Labute approximate surface area is 170 Å². The summed E-state index contributed by atoms with van der Waals surface area (Å²) in [6.07, 6.45) is 0. The topological polar surface area (TPSA) is 70.7 Å². The molecule has 1 atom stereocenters. The molecule has 2 aromatic rings. The van der Waals surface area contributed by atoms with Crippen LogP contribution in [0.2, 0.25) is 0 Å². The lowest BCUT2D eigenvalue weighted by atomic mass is 10.0. The van der Waals surface area contributed by atoms with E-state index in [0.29, 0.717) is 19.8 Å². The van der Waals surface area contributed by atoms with Crippen molar-refractivity contribution >= 4 is 11.8 Å². The SMILES string of the molecule is Cc1ccc([C@H](CNC(=O)C(=O)NCc2ccc(F)cc2)N2CCOCC2)cc1. The van der Waals surface area contributed by atoms with Crippen LogP contribution in [0, 0.1) is 12.7 Å². The molecule has 1 heterocycles. The summed E-state index contributed by atoms with van der Waals surface area (Å²) >= 11 is 0. The van der Waals surface area contributed by atoms with Crippen molar-refractivity contribution in [3.63, 3.8) is 0 Å². The van der Waals surface area contributed by atoms with Gasteiger partial charge < -0.3 is 15.4 Å². The fourth-order valence-corrected chi connectivity index (χ4v) is 3.27. The van der Waals surface area contributed by atoms with E-state index >= 15 is 0 Å². The second kappa shape index (κ2) is 10.1. The van der Waals surface area contributed by atoms with Crippen molar-refractivity contribution in [2.75, 3.05) is 32.8 Å². The number of benzene rings is 2. The van der Waals surface area contributed by atoms with Gasteiger partial charge in [-0.2, -0.15) is 0 Å². The van der Waals surface area contributed by atoms with Crippen LogP contribution in [0.15, 0.2) is 48.5 Å². The van der Waals surface area contributed by atoms with E-state index in [0.717, 1.165) is 24.2 Å². The second-order valence-corrected chi connectivity index (χ2v) is 7.09. The van der Waals surface area contributed by atoms with Crippen molar-refractivity contribution in [2.24, 2.45) is 0 Å². The van der Waals surface area contributed by atoms with E-state index in [9.17, 15) is 14.0 Å². The molecule has 1 aliphatic rings. The highest BCUT2D eigenvalue weighted by molar-refractivity contribution is 6.35. The average molecular weight is 399 g/mol. The molecule has 0 unspecified atom stereocenters. The smallest absolute Gasteiger partial charge is 0.309 e. The molecular formula is C22H26FN3O3. The molecule has 0 spiro atoms. The Balaban J connectivity index is 1.57. The van der Waals surface area contributed by atoms with E-state index in [1.807, 2.05) is 19.1 Å². The maximum absolute atomic E-state index is 12.9. The average Bonchev–Trinajstić information content (AvgIpc) is 2.75. The van der Waals surface area contributed by atoms with Crippen molar-refractivity contribution in [1.82, 2.24) is 15.5 Å². The Kier molecular flexibility index (Phi) is 7.32. The first-order valence-corrected chi connectivity index (χ1v) is 9.72. The number of carbonyl (C=O) groups is 2. The lowest BCUT2D eigenvalue weighted by Crippen LogP contribution is -2.46. The largest absolute Gasteiger partial charge is 0.379 e. The van der Waals surface area contributed by atoms with Crippen molar-refractivity contribution in [3.05, 3.63) is 71.0 Å². The van der Waals surface area contributed by atoms with Crippen LogP contribution in [-0.4, -0.2) is 49.6 Å². The third kappa shape index (κ3) is 6.10. The number of halogens is 1. The molecule has 3 rings (SSSR count). The Morgan fingerprint density at radius 3 is 2.28 bits per heavy atom. The predicted molar refractivity (Wildman–Crippen MR) is 108 cm³/mol. The lowest BCUT2D eigenvalue weighted by molar-refractivity contribution is -0.139. The number of morpholine rings is 1. The summed E-state index contributed by atoms with van der Waals surface area (Å²) in [5, 5.41) is 5.31. The van der Waals surface area contributed by atoms with Gasteiger partial charge in [-0.05, 0) is 30.2 Å². The Morgan fingerprint density at radius 1 is 1.00 bits per heavy atom. The van der Waals surface area contributed by atoms with Crippen LogP contribution in [0.5, 0.6) is 0 Å². The molecule has 1 fully saturated rings. The van der Waals surface area contributed by atoms with Gasteiger partial charge in [-0.1, -0.05) is 42.0 Å². The monoisotopic (exact) mass is 399 g/mol. The molecule has 6 nitrogen and oxygen atoms in total. The molecule has 0 bridgehead atoms. The molecule has 2 amide bonds. The standard InChI is InChI=1S/C22H26FN3O3/c1-16-2-6-18(7-3-16)20(26-10-12-29-13-11-26)15-25-22(28)21(27)24-14-17-4-8-19(23)9-5-17/h2-9,20H,10-15H2,1H3,(H,24,27)(H,25,28)/t20-/m0/s1. The number of rotatable bonds is 6. The van der Waals surface area contributed by atoms with Gasteiger partial charge in [-0.25, -0.2) is 4.39 Å². The number of nitrogens with zero attached hydrogens (tertiary/aromatic N) is 1. The summed E-state index contributed by atoms with van der Waals surface area (Å²) in [4.78, 5) is 26.6. The first-order valence-electron chi connectivity index (χ1n) is 9.72. The number of nitrogens with one attached hydrogen (secondary N) is 2. The van der Waals surface area contributed by atoms with Gasteiger partial charge in [0.2, 0.25) is 0 Å². The third-order valence-corrected chi connectivity index (χ3v) is 4.98. The Hall–Kier alpha value is -2.77. The molecule has 0 aromatic heterocycles. The Morgan fingerprint density at radius 2 is 1.62 bits per heavy atom. The Bertz CT molecular complexity index is 818. The van der Waals surface area contributed by atoms with Gasteiger partial charge in [-0.3, -0.25) is 14.5 Å². The molecule has 7 heteroatoms. The van der Waals surface area contributed by atoms with Gasteiger partial charge in [0.1, 0.15) is 5.82 Å². The molecule has 1 saturated heterocycles. The number of hydrogen-bond donors (Lipinski definition) is 2.